The van der Waals surface area contributed by atoms with Crippen LogP contribution in [0.2, 0.25) is 5.04 Å². The van der Waals surface area contributed by atoms with Crippen molar-refractivity contribution in [2.24, 2.45) is 17.3 Å². The minimum absolute atomic E-state index is 0.0370. The van der Waals surface area contributed by atoms with Crippen LogP contribution in [0.1, 0.15) is 54.4 Å². The Hall–Kier alpha value is -2.23. The van der Waals surface area contributed by atoms with E-state index in [-0.39, 0.29) is 28.1 Å². The summed E-state index contributed by atoms with van der Waals surface area (Å²) in [5.41, 5.74) is 0.881. The van der Waals surface area contributed by atoms with Crippen molar-refractivity contribution in [3.05, 3.63) is 85.0 Å². The van der Waals surface area contributed by atoms with E-state index in [1.807, 2.05) is 6.08 Å². The Labute approximate surface area is 201 Å². The summed E-state index contributed by atoms with van der Waals surface area (Å²) >= 11 is 0. The SMILES string of the molecule is C=C[C@@H](C1=CC(C)(C)CC1=O)[C@H](C)CCO[Si](c1ccccc1)(c1ccccc1)C(C)(C)C. The number of allylic oxidation sites excluding steroid dienone is 3. The lowest BCUT2D eigenvalue weighted by molar-refractivity contribution is -0.116. The van der Waals surface area contributed by atoms with Crippen molar-refractivity contribution in [3.8, 4) is 0 Å². The summed E-state index contributed by atoms with van der Waals surface area (Å²) in [7, 11) is -2.54. The van der Waals surface area contributed by atoms with Gasteiger partial charge in [-0.2, -0.15) is 0 Å². The van der Waals surface area contributed by atoms with Gasteiger partial charge < -0.3 is 4.43 Å². The van der Waals surface area contributed by atoms with Gasteiger partial charge >= 0.3 is 0 Å². The Balaban J connectivity index is 1.88. The first-order valence-electron chi connectivity index (χ1n) is 12.2. The van der Waals surface area contributed by atoms with E-state index in [4.69, 9.17) is 4.43 Å². The molecule has 2 aromatic rings. The molecule has 0 bridgehead atoms. The molecule has 1 aliphatic carbocycles. The molecule has 0 amide bonds. The predicted molar refractivity (Wildman–Crippen MR) is 143 cm³/mol. The van der Waals surface area contributed by atoms with Gasteiger partial charge in [0.05, 0.1) is 0 Å². The average molecular weight is 461 g/mol. The number of benzene rings is 2. The molecular formula is C30H40O2Si. The van der Waals surface area contributed by atoms with Crippen molar-refractivity contribution in [1.82, 2.24) is 0 Å². The third kappa shape index (κ3) is 5.31. The predicted octanol–water partition coefficient (Wildman–Crippen LogP) is 6.32. The van der Waals surface area contributed by atoms with E-state index in [2.05, 4.69) is 115 Å². The minimum Gasteiger partial charge on any atom is -0.407 e. The topological polar surface area (TPSA) is 26.3 Å². The molecule has 2 aromatic carbocycles. The summed E-state index contributed by atoms with van der Waals surface area (Å²) in [5, 5.41) is 2.56. The normalized spacial score (nSPS) is 18.0. The number of rotatable bonds is 9. The quantitative estimate of drug-likeness (QED) is 0.323. The second-order valence-electron chi connectivity index (χ2n) is 11.2. The van der Waals surface area contributed by atoms with Gasteiger partial charge in [0, 0.05) is 18.9 Å². The molecule has 0 radical (unpaired) electrons. The van der Waals surface area contributed by atoms with Crippen LogP contribution in [-0.4, -0.2) is 20.7 Å². The van der Waals surface area contributed by atoms with Crippen molar-refractivity contribution in [2.75, 3.05) is 6.61 Å². The van der Waals surface area contributed by atoms with Gasteiger partial charge in [-0.15, -0.1) is 6.58 Å². The Bertz CT molecular complexity index is 943. The number of hydrogen-bond donors (Lipinski definition) is 0. The molecule has 0 saturated carbocycles. The highest BCUT2D eigenvalue weighted by molar-refractivity contribution is 6.99. The molecule has 0 fully saturated rings. The van der Waals surface area contributed by atoms with Gasteiger partial charge in [-0.3, -0.25) is 4.79 Å². The Kier molecular flexibility index (Phi) is 7.65. The lowest BCUT2D eigenvalue weighted by Crippen LogP contribution is -2.66. The third-order valence-corrected chi connectivity index (χ3v) is 12.1. The molecule has 3 rings (SSSR count). The van der Waals surface area contributed by atoms with Crippen molar-refractivity contribution < 1.29 is 9.22 Å². The van der Waals surface area contributed by atoms with Crippen LogP contribution >= 0.6 is 0 Å². The monoisotopic (exact) mass is 460 g/mol. The first kappa shape index (κ1) is 25.4. The van der Waals surface area contributed by atoms with Crippen molar-refractivity contribution >= 4 is 24.5 Å². The molecule has 0 aliphatic heterocycles. The van der Waals surface area contributed by atoms with Crippen LogP contribution in [-0.2, 0) is 9.22 Å². The number of carbonyl (C=O) groups is 1. The molecule has 176 valence electrons. The molecule has 0 saturated heterocycles. The molecule has 0 heterocycles. The first-order chi connectivity index (χ1) is 15.5. The molecule has 0 unspecified atom stereocenters. The summed E-state index contributed by atoms with van der Waals surface area (Å²) in [6.07, 6.45) is 5.60. The zero-order valence-electron chi connectivity index (χ0n) is 21.2. The van der Waals surface area contributed by atoms with E-state index < -0.39 is 8.32 Å². The maximum atomic E-state index is 12.7. The lowest BCUT2D eigenvalue weighted by Gasteiger charge is -2.43. The van der Waals surface area contributed by atoms with Gasteiger partial charge in [0.1, 0.15) is 0 Å². The van der Waals surface area contributed by atoms with E-state index in [1.165, 1.54) is 10.4 Å². The summed E-state index contributed by atoms with van der Waals surface area (Å²) in [6, 6.07) is 21.5. The second-order valence-corrected chi connectivity index (χ2v) is 15.5. The standard InChI is InChI=1S/C30H40O2Si/c1-8-26(27-21-30(6,7)22-28(27)31)23(2)19-20-32-33(29(3,4)5,24-15-11-9-12-16-24)25-17-13-10-14-18-25/h8-18,21,23,26H,1,19-20,22H2,2-7H3/t23-,26-/m1/s1. The van der Waals surface area contributed by atoms with Gasteiger partial charge in [0.15, 0.2) is 5.78 Å². The highest BCUT2D eigenvalue weighted by Crippen LogP contribution is 2.40. The number of ketones is 1. The molecule has 1 aliphatic rings. The third-order valence-electron chi connectivity index (χ3n) is 7.02. The summed E-state index contributed by atoms with van der Waals surface area (Å²) in [4.78, 5) is 12.7. The van der Waals surface area contributed by atoms with Crippen LogP contribution in [0.15, 0.2) is 85.0 Å². The van der Waals surface area contributed by atoms with E-state index in [0.717, 1.165) is 12.0 Å². The number of hydrogen-bond acceptors (Lipinski definition) is 2. The lowest BCUT2D eigenvalue weighted by atomic mass is 9.84. The zero-order chi connectivity index (χ0) is 24.3. The highest BCUT2D eigenvalue weighted by atomic mass is 28.4. The largest absolute Gasteiger partial charge is 0.407 e. The molecule has 2 nitrogen and oxygen atoms in total. The molecular weight excluding hydrogens is 420 g/mol. The summed E-state index contributed by atoms with van der Waals surface area (Å²) in [6.45, 7) is 18.1. The van der Waals surface area contributed by atoms with Crippen molar-refractivity contribution in [3.63, 3.8) is 0 Å². The number of carbonyl (C=O) groups excluding carboxylic acids is 1. The Morgan fingerprint density at radius 2 is 1.55 bits per heavy atom. The molecule has 3 heteroatoms. The Morgan fingerprint density at radius 3 is 1.94 bits per heavy atom. The Morgan fingerprint density at radius 1 is 1.03 bits per heavy atom. The summed E-state index contributed by atoms with van der Waals surface area (Å²) < 4.78 is 7.06. The average Bonchev–Trinajstić information content (AvgIpc) is 3.04. The summed E-state index contributed by atoms with van der Waals surface area (Å²) in [5.74, 6) is 0.622. The first-order valence-corrected chi connectivity index (χ1v) is 14.1. The van der Waals surface area contributed by atoms with Crippen LogP contribution < -0.4 is 10.4 Å². The van der Waals surface area contributed by atoms with Crippen molar-refractivity contribution in [1.29, 1.82) is 0 Å². The maximum absolute atomic E-state index is 12.7. The highest BCUT2D eigenvalue weighted by Gasteiger charge is 2.50. The zero-order valence-corrected chi connectivity index (χ0v) is 22.2. The van der Waals surface area contributed by atoms with E-state index in [1.54, 1.807) is 0 Å². The van der Waals surface area contributed by atoms with Crippen LogP contribution in [0, 0.1) is 17.3 Å². The second kappa shape index (κ2) is 9.95. The van der Waals surface area contributed by atoms with Gasteiger partial charge in [-0.05, 0) is 38.7 Å². The molecule has 2 atom stereocenters. The molecule has 0 spiro atoms. The number of Topliss-reactive ketones (excluding diaryl/α,β-unsaturated/α-hetero) is 1. The van der Waals surface area contributed by atoms with Gasteiger partial charge in [0.2, 0.25) is 0 Å². The van der Waals surface area contributed by atoms with Gasteiger partial charge in [-0.1, -0.05) is 114 Å². The minimum atomic E-state index is -2.54. The fraction of sp³-hybridized carbons (Fsp3) is 0.433. The smallest absolute Gasteiger partial charge is 0.261 e. The van der Waals surface area contributed by atoms with E-state index in [9.17, 15) is 4.79 Å². The molecule has 33 heavy (non-hydrogen) atoms. The van der Waals surface area contributed by atoms with Crippen molar-refractivity contribution in [2.45, 2.75) is 59.4 Å². The van der Waals surface area contributed by atoms with Gasteiger partial charge in [0.25, 0.3) is 8.32 Å². The van der Waals surface area contributed by atoms with Crippen LogP contribution in [0.25, 0.3) is 0 Å². The van der Waals surface area contributed by atoms with Crippen LogP contribution in [0.3, 0.4) is 0 Å². The van der Waals surface area contributed by atoms with E-state index >= 15 is 0 Å². The molecule has 0 N–H and O–H groups in total. The van der Waals surface area contributed by atoms with Crippen LogP contribution in [0.5, 0.6) is 0 Å². The fourth-order valence-electron chi connectivity index (χ4n) is 5.36. The molecule has 0 aromatic heterocycles. The van der Waals surface area contributed by atoms with Gasteiger partial charge in [-0.25, -0.2) is 0 Å². The maximum Gasteiger partial charge on any atom is 0.261 e. The fourth-order valence-corrected chi connectivity index (χ4v) is 9.93. The van der Waals surface area contributed by atoms with E-state index in [0.29, 0.717) is 13.0 Å². The van der Waals surface area contributed by atoms with Crippen LogP contribution in [0.4, 0.5) is 0 Å².